The lowest BCUT2D eigenvalue weighted by atomic mass is 9.94. The van der Waals surface area contributed by atoms with Crippen LogP contribution >= 0.6 is 0 Å². The molecule has 196 valence electrons. The maximum atomic E-state index is 14.0. The molecule has 1 aromatic carbocycles. The highest BCUT2D eigenvalue weighted by atomic mass is 19.1. The van der Waals surface area contributed by atoms with Crippen LogP contribution in [0.5, 0.6) is 5.75 Å². The largest absolute Gasteiger partial charge is 0.503 e. The minimum Gasteiger partial charge on any atom is -0.503 e. The Kier molecular flexibility index (Phi) is 8.88. The normalized spacial score (nSPS) is 20.7. The van der Waals surface area contributed by atoms with Crippen LogP contribution in [0.2, 0.25) is 0 Å². The smallest absolute Gasteiger partial charge is 0.257 e. The topological polar surface area (TPSA) is 121 Å². The van der Waals surface area contributed by atoms with Gasteiger partial charge in [0.15, 0.2) is 12.0 Å². The highest BCUT2D eigenvalue weighted by Crippen LogP contribution is 2.32. The molecular formula is C24H28F3N3O6. The minimum absolute atomic E-state index is 0.123. The molecule has 0 aliphatic carbocycles. The maximum Gasteiger partial charge on any atom is 0.257 e. The summed E-state index contributed by atoms with van der Waals surface area (Å²) in [5, 5.41) is 21.8. The van der Waals surface area contributed by atoms with Gasteiger partial charge in [-0.1, -0.05) is 0 Å². The molecule has 1 saturated heterocycles. The summed E-state index contributed by atoms with van der Waals surface area (Å²) in [4.78, 5) is 39.4. The fraction of sp³-hybridized carbons (Fsp3) is 0.458. The van der Waals surface area contributed by atoms with E-state index in [-0.39, 0.29) is 24.3 Å². The van der Waals surface area contributed by atoms with Gasteiger partial charge in [0.05, 0.1) is 12.6 Å². The lowest BCUT2D eigenvalue weighted by Gasteiger charge is -2.31. The van der Waals surface area contributed by atoms with Crippen molar-refractivity contribution in [2.75, 3.05) is 27.0 Å². The number of pyridine rings is 1. The van der Waals surface area contributed by atoms with Crippen molar-refractivity contribution in [1.82, 2.24) is 14.8 Å². The van der Waals surface area contributed by atoms with E-state index in [1.807, 2.05) is 18.9 Å². The number of benzene rings is 1. The number of carbonyl (C=O) groups is 2. The molecule has 1 amide bonds. The summed E-state index contributed by atoms with van der Waals surface area (Å²) in [6.45, 7) is 1.30. The first kappa shape index (κ1) is 27.4. The van der Waals surface area contributed by atoms with Crippen molar-refractivity contribution < 1.29 is 37.7 Å². The summed E-state index contributed by atoms with van der Waals surface area (Å²) in [7, 11) is 1.87. The summed E-state index contributed by atoms with van der Waals surface area (Å²) in [6.07, 6.45) is 2.84. The van der Waals surface area contributed by atoms with E-state index in [0.717, 1.165) is 12.6 Å². The predicted molar refractivity (Wildman–Crippen MR) is 122 cm³/mol. The van der Waals surface area contributed by atoms with Gasteiger partial charge in [0.25, 0.3) is 5.91 Å². The number of nitrogens with zero attached hydrogens (tertiary/aromatic N) is 2. The first-order valence-electron chi connectivity index (χ1n) is 11.3. The standard InChI is InChI=1S/C24H28F3N3O6/c1-13-3-4-14(11-36-12-32)20(9-29(13)2)30-8-17(22(33)23(34)21(30)10-31)24(35)28-7-16-18(26)5-15(25)6-19(16)27/h5-6,8,10,13-14,20,32,34H,3-4,7,9,11-12H2,1-2H3,(H,28,35). The molecule has 0 bridgehead atoms. The molecule has 1 aromatic heterocycles. The Morgan fingerprint density at radius 1 is 1.25 bits per heavy atom. The first-order valence-corrected chi connectivity index (χ1v) is 11.3. The van der Waals surface area contributed by atoms with Gasteiger partial charge in [0, 0.05) is 48.9 Å². The Morgan fingerprint density at radius 2 is 1.92 bits per heavy atom. The monoisotopic (exact) mass is 511 g/mol. The van der Waals surface area contributed by atoms with Gasteiger partial charge < -0.3 is 29.7 Å². The molecular weight excluding hydrogens is 483 g/mol. The first-order chi connectivity index (χ1) is 17.1. The van der Waals surface area contributed by atoms with Crippen LogP contribution in [-0.4, -0.2) is 64.9 Å². The average Bonchev–Trinajstić information content (AvgIpc) is 2.96. The number of aliphatic hydroxyl groups excluding tert-OH is 1. The van der Waals surface area contributed by atoms with Gasteiger partial charge in [0.1, 0.15) is 35.5 Å². The number of hydrogen-bond acceptors (Lipinski definition) is 7. The molecule has 0 saturated carbocycles. The van der Waals surface area contributed by atoms with E-state index in [0.29, 0.717) is 31.4 Å². The molecule has 1 aliphatic rings. The van der Waals surface area contributed by atoms with Gasteiger partial charge >= 0.3 is 0 Å². The second kappa shape index (κ2) is 11.7. The third kappa shape index (κ3) is 5.77. The molecule has 3 atom stereocenters. The highest BCUT2D eigenvalue weighted by molar-refractivity contribution is 5.95. The van der Waals surface area contributed by atoms with Crippen molar-refractivity contribution in [3.8, 4) is 5.75 Å². The zero-order valence-electron chi connectivity index (χ0n) is 19.8. The van der Waals surface area contributed by atoms with E-state index >= 15 is 0 Å². The number of aliphatic hydroxyl groups is 1. The lowest BCUT2D eigenvalue weighted by molar-refractivity contribution is -0.0264. The summed E-state index contributed by atoms with van der Waals surface area (Å²) < 4.78 is 47.6. The summed E-state index contributed by atoms with van der Waals surface area (Å²) >= 11 is 0. The van der Waals surface area contributed by atoms with Gasteiger partial charge in [-0.3, -0.25) is 14.4 Å². The SMILES string of the molecule is CC1CCC(COCO)C(n2cc(C(=O)NCc3c(F)cc(F)cc3F)c(=O)c(O)c2C=O)CN1C. The predicted octanol–water partition coefficient (Wildman–Crippen LogP) is 1.95. The number of hydrogen-bond donors (Lipinski definition) is 3. The molecule has 36 heavy (non-hydrogen) atoms. The van der Waals surface area contributed by atoms with Gasteiger partial charge in [-0.15, -0.1) is 0 Å². The molecule has 3 N–H and O–H groups in total. The van der Waals surface area contributed by atoms with Crippen LogP contribution in [0, 0.1) is 23.4 Å². The highest BCUT2D eigenvalue weighted by Gasteiger charge is 2.33. The van der Waals surface area contributed by atoms with Gasteiger partial charge in [-0.2, -0.15) is 0 Å². The number of aromatic hydroxyl groups is 1. The molecule has 0 spiro atoms. The van der Waals surface area contributed by atoms with E-state index in [1.165, 1.54) is 4.57 Å². The van der Waals surface area contributed by atoms with Crippen molar-refractivity contribution in [3.63, 3.8) is 0 Å². The fourth-order valence-corrected chi connectivity index (χ4v) is 4.40. The Morgan fingerprint density at radius 3 is 2.53 bits per heavy atom. The number of amides is 1. The molecule has 0 radical (unpaired) electrons. The summed E-state index contributed by atoms with van der Waals surface area (Å²) in [6, 6.07) is 0.556. The summed E-state index contributed by atoms with van der Waals surface area (Å²) in [5.74, 6) is -5.80. The van der Waals surface area contributed by atoms with Crippen molar-refractivity contribution in [3.05, 3.63) is 62.8 Å². The second-order valence-electron chi connectivity index (χ2n) is 8.85. The second-order valence-corrected chi connectivity index (χ2v) is 8.85. The quantitative estimate of drug-likeness (QED) is 0.366. The number of likely N-dealkylation sites (tertiary alicyclic amines) is 1. The van der Waals surface area contributed by atoms with Crippen molar-refractivity contribution in [1.29, 1.82) is 0 Å². The zero-order valence-corrected chi connectivity index (χ0v) is 19.8. The maximum absolute atomic E-state index is 14.0. The Hall–Kier alpha value is -3.22. The van der Waals surface area contributed by atoms with Crippen LogP contribution in [0.1, 0.15) is 52.2 Å². The number of aromatic nitrogens is 1. The van der Waals surface area contributed by atoms with E-state index in [9.17, 15) is 32.7 Å². The molecule has 2 aromatic rings. The number of halogens is 3. The Balaban J connectivity index is 2.01. The third-order valence-corrected chi connectivity index (χ3v) is 6.64. The number of carbonyl (C=O) groups excluding carboxylic acids is 2. The number of ether oxygens (including phenoxy) is 1. The van der Waals surface area contributed by atoms with Crippen LogP contribution in [0.25, 0.3) is 0 Å². The third-order valence-electron chi connectivity index (χ3n) is 6.64. The van der Waals surface area contributed by atoms with Crippen molar-refractivity contribution in [2.45, 2.75) is 38.4 Å². The van der Waals surface area contributed by atoms with E-state index < -0.39 is 65.0 Å². The van der Waals surface area contributed by atoms with Crippen LogP contribution in [0.3, 0.4) is 0 Å². The Bertz CT molecular complexity index is 1170. The van der Waals surface area contributed by atoms with Crippen LogP contribution in [0.4, 0.5) is 13.2 Å². The van der Waals surface area contributed by atoms with Crippen LogP contribution < -0.4 is 10.7 Å². The summed E-state index contributed by atoms with van der Waals surface area (Å²) in [5.41, 5.74) is -2.64. The van der Waals surface area contributed by atoms with Crippen LogP contribution in [0.15, 0.2) is 23.1 Å². The number of rotatable bonds is 8. The molecule has 2 heterocycles. The molecule has 12 heteroatoms. The van der Waals surface area contributed by atoms with Crippen molar-refractivity contribution >= 4 is 12.2 Å². The van der Waals surface area contributed by atoms with E-state index in [2.05, 4.69) is 5.32 Å². The van der Waals surface area contributed by atoms with E-state index in [1.54, 1.807) is 0 Å². The number of likely N-dealkylation sites (N-methyl/N-ethyl adjacent to an activating group) is 1. The fourth-order valence-electron chi connectivity index (χ4n) is 4.40. The minimum atomic E-state index is -1.22. The molecule has 1 aliphatic heterocycles. The lowest BCUT2D eigenvalue weighted by Crippen LogP contribution is -2.37. The van der Waals surface area contributed by atoms with Crippen molar-refractivity contribution in [2.24, 2.45) is 5.92 Å². The molecule has 9 nitrogen and oxygen atoms in total. The van der Waals surface area contributed by atoms with Crippen LogP contribution in [-0.2, 0) is 11.3 Å². The number of aldehydes is 1. The zero-order chi connectivity index (χ0) is 26.6. The van der Waals surface area contributed by atoms with E-state index in [4.69, 9.17) is 9.84 Å². The van der Waals surface area contributed by atoms with Gasteiger partial charge in [-0.25, -0.2) is 13.2 Å². The average molecular weight is 511 g/mol. The van der Waals surface area contributed by atoms with Gasteiger partial charge in [-0.05, 0) is 26.8 Å². The Labute approximate surface area is 205 Å². The molecule has 3 rings (SSSR count). The number of nitrogens with one attached hydrogen (secondary N) is 1. The molecule has 3 unspecified atom stereocenters. The molecule has 1 fully saturated rings. The van der Waals surface area contributed by atoms with Gasteiger partial charge in [0.2, 0.25) is 5.43 Å².